The molecule has 22 heavy (non-hydrogen) atoms. The highest BCUT2D eigenvalue weighted by Gasteiger charge is 2.20. The molecule has 0 spiro atoms. The van der Waals surface area contributed by atoms with Gasteiger partial charge in [0.05, 0.1) is 6.54 Å². The van der Waals surface area contributed by atoms with Crippen molar-refractivity contribution in [3.8, 4) is 11.5 Å². The van der Waals surface area contributed by atoms with E-state index in [0.717, 1.165) is 18.5 Å². The monoisotopic (exact) mass is 291 g/mol. The summed E-state index contributed by atoms with van der Waals surface area (Å²) >= 11 is 0. The van der Waals surface area contributed by atoms with E-state index in [4.69, 9.17) is 4.42 Å². The molecule has 0 atom stereocenters. The minimum atomic E-state index is 0.586. The van der Waals surface area contributed by atoms with Crippen molar-refractivity contribution in [2.75, 3.05) is 11.4 Å². The summed E-state index contributed by atoms with van der Waals surface area (Å²) < 4.78 is 5.82. The number of aromatic nitrogens is 2. The van der Waals surface area contributed by atoms with Gasteiger partial charge in [-0.25, -0.2) is 0 Å². The Hall–Kier alpha value is -2.62. The van der Waals surface area contributed by atoms with Crippen molar-refractivity contribution in [3.05, 3.63) is 65.5 Å². The van der Waals surface area contributed by atoms with Crippen LogP contribution in [0.1, 0.15) is 17.0 Å². The van der Waals surface area contributed by atoms with Gasteiger partial charge in [-0.1, -0.05) is 35.9 Å². The first kappa shape index (κ1) is 13.1. The van der Waals surface area contributed by atoms with E-state index in [9.17, 15) is 0 Å². The summed E-state index contributed by atoms with van der Waals surface area (Å²) in [6.07, 6.45) is 1.08. The van der Waals surface area contributed by atoms with Crippen molar-refractivity contribution in [1.82, 2.24) is 10.2 Å². The van der Waals surface area contributed by atoms with E-state index in [2.05, 4.69) is 58.4 Å². The molecule has 0 fully saturated rings. The fourth-order valence-corrected chi connectivity index (χ4v) is 2.86. The number of hydrogen-bond acceptors (Lipinski definition) is 4. The molecular formula is C18H17N3O. The normalized spacial score (nSPS) is 13.4. The molecule has 0 saturated heterocycles. The average molecular weight is 291 g/mol. The Bertz CT molecular complexity index is 792. The van der Waals surface area contributed by atoms with E-state index in [-0.39, 0.29) is 0 Å². The summed E-state index contributed by atoms with van der Waals surface area (Å²) in [6, 6.07) is 16.6. The highest BCUT2D eigenvalue weighted by atomic mass is 16.4. The first-order valence-corrected chi connectivity index (χ1v) is 7.52. The van der Waals surface area contributed by atoms with Gasteiger partial charge in [-0.15, -0.1) is 10.2 Å². The lowest BCUT2D eigenvalue weighted by molar-refractivity contribution is 0.500. The van der Waals surface area contributed by atoms with E-state index in [1.165, 1.54) is 16.8 Å². The Kier molecular flexibility index (Phi) is 3.15. The molecule has 0 amide bonds. The van der Waals surface area contributed by atoms with Gasteiger partial charge < -0.3 is 9.32 Å². The smallest absolute Gasteiger partial charge is 0.247 e. The van der Waals surface area contributed by atoms with Gasteiger partial charge in [0.15, 0.2) is 0 Å². The van der Waals surface area contributed by atoms with Gasteiger partial charge in [0.1, 0.15) is 0 Å². The van der Waals surface area contributed by atoms with Gasteiger partial charge in [0, 0.05) is 17.8 Å². The lowest BCUT2D eigenvalue weighted by Gasteiger charge is -2.16. The van der Waals surface area contributed by atoms with E-state index < -0.39 is 0 Å². The summed E-state index contributed by atoms with van der Waals surface area (Å²) in [4.78, 5) is 2.29. The molecule has 0 radical (unpaired) electrons. The van der Waals surface area contributed by atoms with E-state index in [1.54, 1.807) is 0 Å². The average Bonchev–Trinajstić information content (AvgIpc) is 3.16. The van der Waals surface area contributed by atoms with Crippen LogP contribution in [-0.2, 0) is 13.0 Å². The van der Waals surface area contributed by atoms with Crippen LogP contribution in [0.3, 0.4) is 0 Å². The molecule has 2 aromatic carbocycles. The first-order valence-electron chi connectivity index (χ1n) is 7.52. The molecule has 4 nitrogen and oxygen atoms in total. The fraction of sp³-hybridized carbons (Fsp3) is 0.222. The molecule has 3 aromatic rings. The van der Waals surface area contributed by atoms with Crippen LogP contribution in [-0.4, -0.2) is 16.7 Å². The lowest BCUT2D eigenvalue weighted by Crippen LogP contribution is -2.19. The van der Waals surface area contributed by atoms with Crippen LogP contribution in [0.5, 0.6) is 0 Å². The number of hydrogen-bond donors (Lipinski definition) is 0. The van der Waals surface area contributed by atoms with Crippen molar-refractivity contribution in [2.45, 2.75) is 19.9 Å². The largest absolute Gasteiger partial charge is 0.419 e. The molecule has 4 rings (SSSR count). The van der Waals surface area contributed by atoms with Crippen LogP contribution < -0.4 is 4.90 Å². The molecular weight excluding hydrogens is 274 g/mol. The standard InChI is InChI=1S/C18H17N3O/c1-13-6-8-15(9-7-13)18-20-19-17(22-18)12-21-11-10-14-4-2-3-5-16(14)21/h2-9H,10-12H2,1H3. The van der Waals surface area contributed by atoms with Gasteiger partial charge >= 0.3 is 0 Å². The summed E-state index contributed by atoms with van der Waals surface area (Å²) in [5.41, 5.74) is 4.85. The third-order valence-electron chi connectivity index (χ3n) is 4.07. The third-order valence-corrected chi connectivity index (χ3v) is 4.07. The van der Waals surface area contributed by atoms with Crippen LogP contribution in [0.25, 0.3) is 11.5 Å². The Morgan fingerprint density at radius 1 is 1.05 bits per heavy atom. The maximum Gasteiger partial charge on any atom is 0.247 e. The van der Waals surface area contributed by atoms with Crippen molar-refractivity contribution in [1.29, 1.82) is 0 Å². The molecule has 0 aliphatic carbocycles. The molecule has 1 aromatic heterocycles. The lowest BCUT2D eigenvalue weighted by atomic mass is 10.1. The zero-order chi connectivity index (χ0) is 14.9. The predicted molar refractivity (Wildman–Crippen MR) is 85.7 cm³/mol. The second-order valence-electron chi connectivity index (χ2n) is 5.67. The molecule has 0 saturated carbocycles. The molecule has 0 bridgehead atoms. The summed E-state index contributed by atoms with van der Waals surface area (Å²) in [5, 5.41) is 8.36. The number of para-hydroxylation sites is 1. The number of anilines is 1. The van der Waals surface area contributed by atoms with Crippen molar-refractivity contribution < 1.29 is 4.42 Å². The molecule has 1 aliphatic rings. The molecule has 110 valence electrons. The van der Waals surface area contributed by atoms with E-state index in [0.29, 0.717) is 18.3 Å². The minimum absolute atomic E-state index is 0.586. The quantitative estimate of drug-likeness (QED) is 0.739. The summed E-state index contributed by atoms with van der Waals surface area (Å²) in [6.45, 7) is 3.73. The molecule has 1 aliphatic heterocycles. The molecule has 0 unspecified atom stereocenters. The number of rotatable bonds is 3. The Labute approximate surface area is 129 Å². The maximum atomic E-state index is 5.82. The SMILES string of the molecule is Cc1ccc(-c2nnc(CN3CCc4ccccc43)o2)cc1. The summed E-state index contributed by atoms with van der Waals surface area (Å²) in [5.74, 6) is 1.25. The Morgan fingerprint density at radius 2 is 1.86 bits per heavy atom. The van der Waals surface area contributed by atoms with Crippen LogP contribution in [0.15, 0.2) is 52.9 Å². The van der Waals surface area contributed by atoms with Gasteiger partial charge in [-0.05, 0) is 37.1 Å². The number of fused-ring (bicyclic) bond motifs is 1. The van der Waals surface area contributed by atoms with E-state index >= 15 is 0 Å². The van der Waals surface area contributed by atoms with Crippen LogP contribution in [0, 0.1) is 6.92 Å². The van der Waals surface area contributed by atoms with E-state index in [1.807, 2.05) is 12.1 Å². The van der Waals surface area contributed by atoms with Crippen molar-refractivity contribution in [2.24, 2.45) is 0 Å². The Morgan fingerprint density at radius 3 is 2.73 bits per heavy atom. The molecule has 0 N–H and O–H groups in total. The van der Waals surface area contributed by atoms with Crippen LogP contribution >= 0.6 is 0 Å². The second kappa shape index (κ2) is 5.30. The second-order valence-corrected chi connectivity index (χ2v) is 5.67. The zero-order valence-corrected chi connectivity index (χ0v) is 12.5. The highest BCUT2D eigenvalue weighted by molar-refractivity contribution is 5.58. The van der Waals surface area contributed by atoms with Crippen LogP contribution in [0.4, 0.5) is 5.69 Å². The van der Waals surface area contributed by atoms with Gasteiger partial charge in [0.2, 0.25) is 11.8 Å². The van der Waals surface area contributed by atoms with Crippen molar-refractivity contribution >= 4 is 5.69 Å². The number of nitrogens with zero attached hydrogens (tertiary/aromatic N) is 3. The van der Waals surface area contributed by atoms with Crippen LogP contribution in [0.2, 0.25) is 0 Å². The first-order chi connectivity index (χ1) is 10.8. The topological polar surface area (TPSA) is 42.2 Å². The fourth-order valence-electron chi connectivity index (χ4n) is 2.86. The number of benzene rings is 2. The maximum absolute atomic E-state index is 5.82. The summed E-state index contributed by atoms with van der Waals surface area (Å²) in [7, 11) is 0. The Balaban J connectivity index is 1.54. The minimum Gasteiger partial charge on any atom is -0.419 e. The highest BCUT2D eigenvalue weighted by Crippen LogP contribution is 2.29. The van der Waals surface area contributed by atoms with Gasteiger partial charge in [0.25, 0.3) is 0 Å². The van der Waals surface area contributed by atoms with Gasteiger partial charge in [-0.3, -0.25) is 0 Å². The van der Waals surface area contributed by atoms with Crippen molar-refractivity contribution in [3.63, 3.8) is 0 Å². The van der Waals surface area contributed by atoms with Gasteiger partial charge in [-0.2, -0.15) is 0 Å². The molecule has 2 heterocycles. The molecule has 4 heteroatoms. The zero-order valence-electron chi connectivity index (χ0n) is 12.5. The third kappa shape index (κ3) is 2.37. The predicted octanol–water partition coefficient (Wildman–Crippen LogP) is 3.61. The number of aryl methyl sites for hydroxylation is 1.